The van der Waals surface area contributed by atoms with E-state index in [0.717, 1.165) is 33.9 Å². The van der Waals surface area contributed by atoms with Gasteiger partial charge in [0.25, 0.3) is 0 Å². The van der Waals surface area contributed by atoms with Gasteiger partial charge in [0, 0.05) is 12.2 Å². The summed E-state index contributed by atoms with van der Waals surface area (Å²) in [5.41, 5.74) is 4.18. The molecule has 3 rings (SSSR count). The zero-order valence-electron chi connectivity index (χ0n) is 15.8. The molecule has 1 heterocycles. The first kappa shape index (κ1) is 18.1. The number of para-hydroxylation sites is 1. The molecule has 0 atom stereocenters. The summed E-state index contributed by atoms with van der Waals surface area (Å²) in [6, 6.07) is 11.7. The Morgan fingerprint density at radius 3 is 2.31 bits per heavy atom. The molecule has 1 aliphatic heterocycles. The molecule has 0 unspecified atom stereocenters. The van der Waals surface area contributed by atoms with Crippen molar-refractivity contribution in [3.63, 3.8) is 0 Å². The summed E-state index contributed by atoms with van der Waals surface area (Å²) < 4.78 is 10.7. The van der Waals surface area contributed by atoms with Crippen molar-refractivity contribution in [2.45, 2.75) is 46.1 Å². The fourth-order valence-electron chi connectivity index (χ4n) is 3.09. The number of carbonyl (C=O) groups is 1. The molecule has 2 aromatic rings. The van der Waals surface area contributed by atoms with E-state index in [1.165, 1.54) is 0 Å². The number of amides is 2. The van der Waals surface area contributed by atoms with Crippen LogP contribution in [0.2, 0.25) is 0 Å². The molecular weight excluding hydrogens is 328 g/mol. The van der Waals surface area contributed by atoms with Gasteiger partial charge in [0.2, 0.25) is 6.79 Å². The van der Waals surface area contributed by atoms with Crippen molar-refractivity contribution in [2.75, 3.05) is 12.1 Å². The maximum Gasteiger partial charge on any atom is 0.319 e. The number of nitrogens with one attached hydrogen (secondary N) is 2. The molecule has 2 N–H and O–H groups in total. The van der Waals surface area contributed by atoms with Crippen LogP contribution in [0, 0.1) is 0 Å². The number of fused-ring (bicyclic) bond motifs is 1. The van der Waals surface area contributed by atoms with Crippen molar-refractivity contribution < 1.29 is 14.3 Å². The molecule has 0 aliphatic carbocycles. The van der Waals surface area contributed by atoms with Crippen molar-refractivity contribution >= 4 is 11.7 Å². The number of hydrogen-bond donors (Lipinski definition) is 2. The number of benzene rings is 2. The highest BCUT2D eigenvalue weighted by atomic mass is 16.7. The molecule has 0 radical (unpaired) electrons. The molecule has 26 heavy (non-hydrogen) atoms. The lowest BCUT2D eigenvalue weighted by Gasteiger charge is -2.20. The molecule has 0 saturated heterocycles. The first-order valence-electron chi connectivity index (χ1n) is 9.02. The Bertz CT molecular complexity index is 774. The fraction of sp³-hybridized carbons (Fsp3) is 0.381. The second-order valence-electron chi connectivity index (χ2n) is 7.12. The molecule has 5 heteroatoms. The molecule has 2 amide bonds. The summed E-state index contributed by atoms with van der Waals surface area (Å²) in [6.07, 6.45) is 0. The maximum atomic E-state index is 12.5. The molecule has 0 aromatic heterocycles. The number of hydrogen-bond acceptors (Lipinski definition) is 3. The summed E-state index contributed by atoms with van der Waals surface area (Å²) in [5, 5.41) is 5.98. The molecule has 138 valence electrons. The third-order valence-corrected chi connectivity index (χ3v) is 4.50. The first-order chi connectivity index (χ1) is 12.5. The minimum atomic E-state index is -0.210. The van der Waals surface area contributed by atoms with E-state index < -0.39 is 0 Å². The van der Waals surface area contributed by atoms with E-state index in [2.05, 4.69) is 56.5 Å². The number of urea groups is 1. The quantitative estimate of drug-likeness (QED) is 0.796. The van der Waals surface area contributed by atoms with Gasteiger partial charge in [-0.3, -0.25) is 0 Å². The van der Waals surface area contributed by atoms with Crippen molar-refractivity contribution in [1.82, 2.24) is 5.32 Å². The SMILES string of the molecule is CC(C)c1cccc(C(C)C)c1NC(=O)NCc1ccc2c(c1)OCO2. The van der Waals surface area contributed by atoms with Crippen molar-refractivity contribution in [3.8, 4) is 11.5 Å². The zero-order chi connectivity index (χ0) is 18.7. The lowest BCUT2D eigenvalue weighted by Crippen LogP contribution is -2.29. The molecule has 0 bridgehead atoms. The van der Waals surface area contributed by atoms with Crippen LogP contribution in [-0.2, 0) is 6.54 Å². The van der Waals surface area contributed by atoms with Gasteiger partial charge >= 0.3 is 6.03 Å². The highest BCUT2D eigenvalue weighted by Gasteiger charge is 2.16. The predicted octanol–water partition coefficient (Wildman–Crippen LogP) is 4.98. The molecular formula is C21H26N2O3. The van der Waals surface area contributed by atoms with E-state index in [1.54, 1.807) is 0 Å². The second-order valence-corrected chi connectivity index (χ2v) is 7.12. The number of carbonyl (C=O) groups excluding carboxylic acids is 1. The molecule has 0 spiro atoms. The third-order valence-electron chi connectivity index (χ3n) is 4.50. The van der Waals surface area contributed by atoms with Crippen LogP contribution in [0.1, 0.15) is 56.2 Å². The Morgan fingerprint density at radius 2 is 1.65 bits per heavy atom. The van der Waals surface area contributed by atoms with Gasteiger partial charge in [0.1, 0.15) is 0 Å². The summed E-state index contributed by atoms with van der Waals surface area (Å²) >= 11 is 0. The number of anilines is 1. The fourth-order valence-corrected chi connectivity index (χ4v) is 3.09. The van der Waals surface area contributed by atoms with Crippen LogP contribution in [0.5, 0.6) is 11.5 Å². The lowest BCUT2D eigenvalue weighted by atomic mass is 9.93. The van der Waals surface area contributed by atoms with Gasteiger partial charge in [-0.25, -0.2) is 4.79 Å². The Kier molecular flexibility index (Phi) is 5.35. The second kappa shape index (κ2) is 7.68. The van der Waals surface area contributed by atoms with Crippen LogP contribution >= 0.6 is 0 Å². The monoisotopic (exact) mass is 354 g/mol. The maximum absolute atomic E-state index is 12.5. The van der Waals surface area contributed by atoms with Crippen molar-refractivity contribution in [2.24, 2.45) is 0 Å². The Morgan fingerprint density at radius 1 is 1.00 bits per heavy atom. The van der Waals surface area contributed by atoms with Crippen LogP contribution < -0.4 is 20.1 Å². The van der Waals surface area contributed by atoms with E-state index in [9.17, 15) is 4.79 Å². The van der Waals surface area contributed by atoms with Crippen LogP contribution in [0.15, 0.2) is 36.4 Å². The summed E-state index contributed by atoms with van der Waals surface area (Å²) in [4.78, 5) is 12.5. The van der Waals surface area contributed by atoms with E-state index in [4.69, 9.17) is 9.47 Å². The van der Waals surface area contributed by atoms with E-state index in [-0.39, 0.29) is 12.8 Å². The topological polar surface area (TPSA) is 59.6 Å². The van der Waals surface area contributed by atoms with E-state index in [0.29, 0.717) is 18.4 Å². The lowest BCUT2D eigenvalue weighted by molar-refractivity contribution is 0.174. The minimum absolute atomic E-state index is 0.210. The summed E-state index contributed by atoms with van der Waals surface area (Å²) in [5.74, 6) is 2.12. The van der Waals surface area contributed by atoms with Crippen LogP contribution in [0.25, 0.3) is 0 Å². The van der Waals surface area contributed by atoms with Gasteiger partial charge in [-0.1, -0.05) is 52.0 Å². The third kappa shape index (κ3) is 3.93. The van der Waals surface area contributed by atoms with E-state index in [1.807, 2.05) is 18.2 Å². The van der Waals surface area contributed by atoms with Gasteiger partial charge in [-0.15, -0.1) is 0 Å². The van der Waals surface area contributed by atoms with Gasteiger partial charge < -0.3 is 20.1 Å². The zero-order valence-corrected chi connectivity index (χ0v) is 15.8. The summed E-state index contributed by atoms with van der Waals surface area (Å²) in [6.45, 7) is 9.20. The standard InChI is InChI=1S/C21H26N2O3/c1-13(2)16-6-5-7-17(14(3)4)20(16)23-21(24)22-11-15-8-9-18-19(10-15)26-12-25-18/h5-10,13-14H,11-12H2,1-4H3,(H2,22,23,24). The molecule has 2 aromatic carbocycles. The van der Waals surface area contributed by atoms with Crippen LogP contribution in [0.3, 0.4) is 0 Å². The van der Waals surface area contributed by atoms with Crippen LogP contribution in [-0.4, -0.2) is 12.8 Å². The Labute approximate surface area is 154 Å². The molecule has 1 aliphatic rings. The largest absolute Gasteiger partial charge is 0.454 e. The van der Waals surface area contributed by atoms with E-state index >= 15 is 0 Å². The summed E-state index contributed by atoms with van der Waals surface area (Å²) in [7, 11) is 0. The first-order valence-corrected chi connectivity index (χ1v) is 9.02. The predicted molar refractivity (Wildman–Crippen MR) is 103 cm³/mol. The highest BCUT2D eigenvalue weighted by molar-refractivity contribution is 5.91. The molecule has 5 nitrogen and oxygen atoms in total. The van der Waals surface area contributed by atoms with Gasteiger partial charge in [-0.05, 0) is 40.7 Å². The van der Waals surface area contributed by atoms with Crippen molar-refractivity contribution in [3.05, 3.63) is 53.1 Å². The Hall–Kier alpha value is -2.69. The number of rotatable bonds is 5. The smallest absolute Gasteiger partial charge is 0.319 e. The van der Waals surface area contributed by atoms with Gasteiger partial charge in [-0.2, -0.15) is 0 Å². The van der Waals surface area contributed by atoms with Crippen LogP contribution in [0.4, 0.5) is 10.5 Å². The van der Waals surface area contributed by atoms with Crippen molar-refractivity contribution in [1.29, 1.82) is 0 Å². The Balaban J connectivity index is 1.70. The number of ether oxygens (including phenoxy) is 2. The highest BCUT2D eigenvalue weighted by Crippen LogP contribution is 2.33. The normalized spacial score (nSPS) is 12.5. The molecule has 0 fully saturated rings. The minimum Gasteiger partial charge on any atom is -0.454 e. The average Bonchev–Trinajstić information content (AvgIpc) is 3.07. The molecule has 0 saturated carbocycles. The van der Waals surface area contributed by atoms with Gasteiger partial charge in [0.05, 0.1) is 0 Å². The van der Waals surface area contributed by atoms with Gasteiger partial charge in [0.15, 0.2) is 11.5 Å². The average molecular weight is 354 g/mol.